The molecule has 0 heterocycles. The van der Waals surface area contributed by atoms with Crippen LogP contribution in [0, 0.1) is 23.7 Å². The van der Waals surface area contributed by atoms with Crippen LogP contribution in [-0.4, -0.2) is 25.3 Å². The summed E-state index contributed by atoms with van der Waals surface area (Å²) in [6.07, 6.45) is 13.9. The van der Waals surface area contributed by atoms with E-state index in [0.29, 0.717) is 12.2 Å². The molecule has 5 rings (SSSR count). The van der Waals surface area contributed by atoms with Gasteiger partial charge in [-0.05, 0) is 88.5 Å². The van der Waals surface area contributed by atoms with Crippen molar-refractivity contribution in [3.8, 4) is 0 Å². The van der Waals surface area contributed by atoms with E-state index >= 15 is 0 Å². The Balaban J connectivity index is 1.36. The maximum atomic E-state index is 6.63. The number of ether oxygens (including phenoxy) is 1. The fourth-order valence-electron chi connectivity index (χ4n) is 5.81. The van der Waals surface area contributed by atoms with Gasteiger partial charge < -0.3 is 10.1 Å². The summed E-state index contributed by atoms with van der Waals surface area (Å²) in [5.41, 5.74) is 0. The molecule has 108 valence electrons. The maximum absolute atomic E-state index is 6.63. The van der Waals surface area contributed by atoms with Gasteiger partial charge in [0.05, 0.1) is 12.2 Å². The molecular formula is C17H29NO. The van der Waals surface area contributed by atoms with Gasteiger partial charge in [-0.2, -0.15) is 0 Å². The Kier molecular flexibility index (Phi) is 3.35. The average Bonchev–Trinajstić information content (AvgIpc) is 2.43. The van der Waals surface area contributed by atoms with E-state index < -0.39 is 0 Å². The molecule has 0 aliphatic heterocycles. The van der Waals surface area contributed by atoms with Crippen LogP contribution in [0.25, 0.3) is 0 Å². The van der Waals surface area contributed by atoms with Gasteiger partial charge in [0.15, 0.2) is 0 Å². The Hall–Kier alpha value is -0.0800. The van der Waals surface area contributed by atoms with Crippen LogP contribution in [0.5, 0.6) is 0 Å². The number of hydrogen-bond donors (Lipinski definition) is 1. The molecule has 0 amide bonds. The lowest BCUT2D eigenvalue weighted by molar-refractivity contribution is -0.157. The van der Waals surface area contributed by atoms with Crippen LogP contribution in [0.4, 0.5) is 0 Å². The maximum Gasteiger partial charge on any atom is 0.0635 e. The van der Waals surface area contributed by atoms with E-state index in [9.17, 15) is 0 Å². The molecule has 2 nitrogen and oxygen atoms in total. The van der Waals surface area contributed by atoms with Crippen LogP contribution in [0.1, 0.15) is 57.8 Å². The highest BCUT2D eigenvalue weighted by molar-refractivity contribution is 4.99. The highest BCUT2D eigenvalue weighted by Gasteiger charge is 2.49. The molecule has 2 heteroatoms. The Labute approximate surface area is 117 Å². The molecule has 19 heavy (non-hydrogen) atoms. The molecule has 0 saturated heterocycles. The van der Waals surface area contributed by atoms with E-state index in [1.165, 1.54) is 51.4 Å². The molecule has 0 spiro atoms. The van der Waals surface area contributed by atoms with E-state index in [2.05, 4.69) is 12.4 Å². The van der Waals surface area contributed by atoms with E-state index in [-0.39, 0.29) is 0 Å². The van der Waals surface area contributed by atoms with Gasteiger partial charge in [-0.25, -0.2) is 0 Å². The zero-order valence-corrected chi connectivity index (χ0v) is 12.3. The normalized spacial score (nSPS) is 52.6. The minimum absolute atomic E-state index is 0.576. The largest absolute Gasteiger partial charge is 0.374 e. The third-order valence-corrected chi connectivity index (χ3v) is 6.57. The van der Waals surface area contributed by atoms with Gasteiger partial charge in [-0.15, -0.1) is 0 Å². The van der Waals surface area contributed by atoms with E-state index in [1.807, 2.05) is 0 Å². The molecule has 0 radical (unpaired) electrons. The topological polar surface area (TPSA) is 21.3 Å². The molecule has 0 aromatic rings. The summed E-state index contributed by atoms with van der Waals surface area (Å²) < 4.78 is 6.63. The van der Waals surface area contributed by atoms with Crippen molar-refractivity contribution in [2.24, 2.45) is 23.7 Å². The third kappa shape index (κ3) is 2.35. The summed E-state index contributed by atoms with van der Waals surface area (Å²) in [6.45, 7) is 0. The van der Waals surface area contributed by atoms with Crippen LogP contribution in [0.3, 0.4) is 0 Å². The molecule has 5 saturated carbocycles. The van der Waals surface area contributed by atoms with Crippen LogP contribution in [0.2, 0.25) is 0 Å². The highest BCUT2D eigenvalue weighted by Crippen LogP contribution is 2.55. The summed E-state index contributed by atoms with van der Waals surface area (Å²) >= 11 is 0. The van der Waals surface area contributed by atoms with Gasteiger partial charge in [0.25, 0.3) is 0 Å². The van der Waals surface area contributed by atoms with Gasteiger partial charge in [0, 0.05) is 6.04 Å². The molecule has 5 aliphatic rings. The first kappa shape index (κ1) is 12.6. The SMILES string of the molecule is CNC1CCC(OC2C3CC4CC(C3)CC2C4)CC1. The molecule has 0 aromatic heterocycles. The lowest BCUT2D eigenvalue weighted by Gasteiger charge is -2.54. The minimum atomic E-state index is 0.576. The van der Waals surface area contributed by atoms with Crippen molar-refractivity contribution >= 4 is 0 Å². The second kappa shape index (κ2) is 5.04. The Bertz CT molecular complexity index is 293. The minimum Gasteiger partial charge on any atom is -0.374 e. The van der Waals surface area contributed by atoms with Crippen molar-refractivity contribution in [2.75, 3.05) is 7.05 Å². The zero-order valence-electron chi connectivity index (χ0n) is 12.3. The first-order chi connectivity index (χ1) is 9.31. The van der Waals surface area contributed by atoms with Gasteiger partial charge in [0.2, 0.25) is 0 Å². The lowest BCUT2D eigenvalue weighted by Crippen LogP contribution is -2.50. The Morgan fingerprint density at radius 3 is 1.89 bits per heavy atom. The van der Waals surface area contributed by atoms with E-state index in [4.69, 9.17) is 4.74 Å². The molecular weight excluding hydrogens is 234 g/mol. The first-order valence-corrected chi connectivity index (χ1v) is 8.64. The second-order valence-electron chi connectivity index (χ2n) is 7.79. The molecule has 5 fully saturated rings. The average molecular weight is 263 g/mol. The van der Waals surface area contributed by atoms with Crippen molar-refractivity contribution in [2.45, 2.75) is 76.0 Å². The molecule has 5 aliphatic carbocycles. The van der Waals surface area contributed by atoms with Crippen LogP contribution in [-0.2, 0) is 4.74 Å². The number of hydrogen-bond acceptors (Lipinski definition) is 2. The van der Waals surface area contributed by atoms with Crippen LogP contribution < -0.4 is 5.32 Å². The molecule has 0 unspecified atom stereocenters. The zero-order chi connectivity index (χ0) is 12.8. The van der Waals surface area contributed by atoms with Gasteiger partial charge in [-0.1, -0.05) is 0 Å². The summed E-state index contributed by atoms with van der Waals surface area (Å²) in [4.78, 5) is 0. The predicted octanol–water partition coefficient (Wildman–Crippen LogP) is 3.36. The quantitative estimate of drug-likeness (QED) is 0.843. The number of nitrogens with one attached hydrogen (secondary N) is 1. The summed E-state index contributed by atoms with van der Waals surface area (Å²) in [5.74, 6) is 4.00. The monoisotopic (exact) mass is 263 g/mol. The molecule has 0 atom stereocenters. The van der Waals surface area contributed by atoms with Gasteiger partial charge in [-0.3, -0.25) is 0 Å². The molecule has 0 aromatic carbocycles. The van der Waals surface area contributed by atoms with E-state index in [0.717, 1.165) is 29.7 Å². The highest BCUT2D eigenvalue weighted by atomic mass is 16.5. The van der Waals surface area contributed by atoms with Crippen molar-refractivity contribution in [1.29, 1.82) is 0 Å². The smallest absolute Gasteiger partial charge is 0.0635 e. The van der Waals surface area contributed by atoms with E-state index in [1.54, 1.807) is 6.42 Å². The van der Waals surface area contributed by atoms with Crippen LogP contribution in [0.15, 0.2) is 0 Å². The number of rotatable bonds is 3. The van der Waals surface area contributed by atoms with Crippen molar-refractivity contribution in [3.63, 3.8) is 0 Å². The molecule has 1 N–H and O–H groups in total. The third-order valence-electron chi connectivity index (χ3n) is 6.57. The standard InChI is InChI=1S/C17H29NO/c1-18-15-2-4-16(5-3-15)19-17-13-7-11-6-12(9-13)10-14(17)8-11/h11-18H,2-10H2,1H3. The summed E-state index contributed by atoms with van der Waals surface area (Å²) in [6, 6.07) is 0.748. The summed E-state index contributed by atoms with van der Waals surface area (Å²) in [5, 5.41) is 3.42. The molecule has 4 bridgehead atoms. The van der Waals surface area contributed by atoms with Crippen LogP contribution >= 0.6 is 0 Å². The van der Waals surface area contributed by atoms with Gasteiger partial charge in [0.1, 0.15) is 0 Å². The predicted molar refractivity (Wildman–Crippen MR) is 77.0 cm³/mol. The van der Waals surface area contributed by atoms with Crippen molar-refractivity contribution < 1.29 is 4.74 Å². The fourth-order valence-corrected chi connectivity index (χ4v) is 5.81. The van der Waals surface area contributed by atoms with Gasteiger partial charge >= 0.3 is 0 Å². The second-order valence-corrected chi connectivity index (χ2v) is 7.79. The van der Waals surface area contributed by atoms with Crippen molar-refractivity contribution in [1.82, 2.24) is 5.32 Å². The lowest BCUT2D eigenvalue weighted by atomic mass is 9.55. The first-order valence-electron chi connectivity index (χ1n) is 8.64. The fraction of sp³-hybridized carbons (Fsp3) is 1.00. The van der Waals surface area contributed by atoms with Crippen molar-refractivity contribution in [3.05, 3.63) is 0 Å². The Morgan fingerprint density at radius 1 is 0.789 bits per heavy atom. The Morgan fingerprint density at radius 2 is 1.37 bits per heavy atom. The summed E-state index contributed by atoms with van der Waals surface area (Å²) in [7, 11) is 2.10.